The first kappa shape index (κ1) is 22.9. The number of rotatable bonds is 4. The SMILES string of the molecule is C[Si](C)=[Zr]([C]1=CC=CC1)[CH]1C=Cc2c(-c3ccc([Si](C)(C)C)cc3)cccc21.Cl. The predicted octanol–water partition coefficient (Wildman–Crippen LogP) is 7.10. The molecule has 4 rings (SSSR count). The summed E-state index contributed by atoms with van der Waals surface area (Å²) in [6.45, 7) is 12.4. The van der Waals surface area contributed by atoms with Crippen LogP contribution in [0.3, 0.4) is 0 Å². The second kappa shape index (κ2) is 9.18. The van der Waals surface area contributed by atoms with Crippen LogP contribution < -0.4 is 5.19 Å². The van der Waals surface area contributed by atoms with Gasteiger partial charge in [-0.3, -0.25) is 0 Å². The Labute approximate surface area is 191 Å². The van der Waals surface area contributed by atoms with Crippen molar-refractivity contribution in [2.75, 3.05) is 0 Å². The van der Waals surface area contributed by atoms with Gasteiger partial charge in [0, 0.05) is 0 Å². The van der Waals surface area contributed by atoms with Crippen molar-refractivity contribution in [3.05, 3.63) is 81.2 Å². The van der Waals surface area contributed by atoms with E-state index in [0.29, 0.717) is 0 Å². The van der Waals surface area contributed by atoms with Crippen molar-refractivity contribution in [3.63, 3.8) is 0 Å². The number of fused-ring (bicyclic) bond motifs is 1. The molecule has 0 spiro atoms. The molecule has 2 aromatic carbocycles. The molecular weight excluding hydrogens is 483 g/mol. The number of benzene rings is 2. The number of halogens is 1. The summed E-state index contributed by atoms with van der Waals surface area (Å²) in [6, 6.07) is 16.5. The molecule has 150 valence electrons. The Balaban J connectivity index is 0.00000240. The van der Waals surface area contributed by atoms with E-state index >= 15 is 0 Å². The fraction of sp³-hybridized carbons (Fsp3) is 0.280. The van der Waals surface area contributed by atoms with Crippen molar-refractivity contribution >= 4 is 37.2 Å². The summed E-state index contributed by atoms with van der Waals surface area (Å²) in [5.74, 6) is 0. The Kier molecular flexibility index (Phi) is 7.26. The first-order valence-corrected chi connectivity index (χ1v) is 22.7. The molecule has 0 N–H and O–H groups in total. The van der Waals surface area contributed by atoms with Gasteiger partial charge in [0.25, 0.3) is 0 Å². The topological polar surface area (TPSA) is 0 Å². The number of hydrogen-bond donors (Lipinski definition) is 0. The van der Waals surface area contributed by atoms with E-state index in [9.17, 15) is 0 Å². The summed E-state index contributed by atoms with van der Waals surface area (Å²) in [7, 11) is -1.25. The van der Waals surface area contributed by atoms with E-state index in [-0.39, 0.29) is 17.8 Å². The zero-order valence-corrected chi connectivity index (χ0v) is 23.4. The van der Waals surface area contributed by atoms with Crippen LogP contribution in [-0.4, -0.2) is 13.5 Å². The van der Waals surface area contributed by atoms with Gasteiger partial charge in [0.15, 0.2) is 0 Å². The maximum absolute atomic E-state index is 2.57. The molecule has 0 bridgehead atoms. The fourth-order valence-electron chi connectivity index (χ4n) is 4.47. The van der Waals surface area contributed by atoms with Crippen molar-refractivity contribution in [2.45, 2.75) is 42.8 Å². The second-order valence-corrected chi connectivity index (χ2v) is 32.0. The van der Waals surface area contributed by atoms with Gasteiger partial charge in [-0.25, -0.2) is 0 Å². The maximum Gasteiger partial charge on any atom is -0.147 e. The molecule has 0 nitrogen and oxygen atoms in total. The molecule has 0 saturated carbocycles. The molecule has 0 radical (unpaired) electrons. The summed E-state index contributed by atoms with van der Waals surface area (Å²) in [5, 5.41) is 1.54. The minimum Gasteiger partial charge on any atom is -0.147 e. The van der Waals surface area contributed by atoms with Crippen LogP contribution in [0.25, 0.3) is 17.2 Å². The molecule has 0 amide bonds. The van der Waals surface area contributed by atoms with E-state index in [1.54, 1.807) is 5.56 Å². The molecule has 0 aliphatic heterocycles. The molecule has 29 heavy (non-hydrogen) atoms. The number of hydrogen-bond acceptors (Lipinski definition) is 0. The van der Waals surface area contributed by atoms with E-state index in [0.717, 1.165) is 3.63 Å². The Morgan fingerprint density at radius 2 is 1.72 bits per heavy atom. The van der Waals surface area contributed by atoms with Gasteiger partial charge in [-0.05, 0) is 0 Å². The zero-order chi connectivity index (χ0) is 19.9. The van der Waals surface area contributed by atoms with E-state index in [4.69, 9.17) is 0 Å². The Morgan fingerprint density at radius 1 is 1.00 bits per heavy atom. The predicted molar refractivity (Wildman–Crippen MR) is 133 cm³/mol. The van der Waals surface area contributed by atoms with Gasteiger partial charge in [-0.15, -0.1) is 12.4 Å². The average Bonchev–Trinajstić information content (AvgIpc) is 3.32. The van der Waals surface area contributed by atoms with Crippen molar-refractivity contribution in [1.29, 1.82) is 0 Å². The van der Waals surface area contributed by atoms with Crippen LogP contribution in [0.15, 0.2) is 70.0 Å². The van der Waals surface area contributed by atoms with Gasteiger partial charge >= 0.3 is 180 Å². The van der Waals surface area contributed by atoms with Crippen LogP contribution in [0.4, 0.5) is 0 Å². The fourth-order valence-corrected chi connectivity index (χ4v) is 23.4. The molecular formula is C25H31ClSi2Zr. The monoisotopic (exact) mass is 512 g/mol. The minimum absolute atomic E-state index is 0. The molecule has 0 aromatic heterocycles. The van der Waals surface area contributed by atoms with Gasteiger partial charge in [0.05, 0.1) is 0 Å². The molecule has 0 saturated heterocycles. The molecule has 1 unspecified atom stereocenters. The van der Waals surface area contributed by atoms with E-state index in [1.807, 2.05) is 3.28 Å². The first-order valence-electron chi connectivity index (χ1n) is 10.3. The third kappa shape index (κ3) is 4.64. The van der Waals surface area contributed by atoms with Gasteiger partial charge in [-0.2, -0.15) is 0 Å². The van der Waals surface area contributed by atoms with E-state index in [2.05, 4.69) is 106 Å². The number of allylic oxidation sites excluding steroid dienone is 5. The summed E-state index contributed by atoms with van der Waals surface area (Å²) < 4.78 is 2.56. The molecule has 1 atom stereocenters. The van der Waals surface area contributed by atoms with Crippen molar-refractivity contribution in [1.82, 2.24) is 0 Å². The third-order valence-corrected chi connectivity index (χ3v) is 26.2. The van der Waals surface area contributed by atoms with E-state index < -0.39 is 28.4 Å². The molecule has 4 heteroatoms. The molecule has 2 aliphatic rings. The van der Waals surface area contributed by atoms with Crippen LogP contribution in [0.5, 0.6) is 0 Å². The quantitative estimate of drug-likeness (QED) is 0.382. The van der Waals surface area contributed by atoms with Crippen molar-refractivity contribution < 1.29 is 20.4 Å². The van der Waals surface area contributed by atoms with Crippen LogP contribution in [0, 0.1) is 0 Å². The normalized spacial score (nSPS) is 17.0. The summed E-state index contributed by atoms with van der Waals surface area (Å²) in [6.07, 6.45) is 13.3. The Bertz CT molecular complexity index is 1030. The van der Waals surface area contributed by atoms with Gasteiger partial charge < -0.3 is 0 Å². The van der Waals surface area contributed by atoms with Crippen LogP contribution >= 0.6 is 12.4 Å². The molecule has 2 aromatic rings. The van der Waals surface area contributed by atoms with Crippen LogP contribution in [0.1, 0.15) is 21.2 Å². The minimum atomic E-state index is -1.66. The van der Waals surface area contributed by atoms with Crippen LogP contribution in [0.2, 0.25) is 32.7 Å². The van der Waals surface area contributed by atoms with E-state index in [1.165, 1.54) is 28.3 Å². The summed E-state index contributed by atoms with van der Waals surface area (Å²) >= 11 is -1.66. The average molecular weight is 514 g/mol. The molecule has 0 fully saturated rings. The standard InChI is InChI=1S/C18H19Si.C5H5.C2H6Si.ClH.Zr/c1-19(2,3)16-12-10-15(11-13-16)18-9-5-7-14-6-4-8-17(14)18;1-2-4-5-3-1;1-3-2;;/h4-13H,1-3H3;1-3H,4H2;1-2H3;1H;. The van der Waals surface area contributed by atoms with Gasteiger partial charge in [-0.1, -0.05) is 0 Å². The third-order valence-electron chi connectivity index (χ3n) is 5.96. The Morgan fingerprint density at radius 3 is 2.31 bits per heavy atom. The van der Waals surface area contributed by atoms with Crippen molar-refractivity contribution in [2.24, 2.45) is 0 Å². The maximum atomic E-state index is 2.57. The zero-order valence-electron chi connectivity index (χ0n) is 18.1. The Hall–Kier alpha value is -0.733. The summed E-state index contributed by atoms with van der Waals surface area (Å²) in [5.41, 5.74) is 5.65. The molecule has 2 aliphatic carbocycles. The van der Waals surface area contributed by atoms with Crippen LogP contribution in [-0.2, 0) is 20.4 Å². The van der Waals surface area contributed by atoms with Gasteiger partial charge in [0.1, 0.15) is 0 Å². The molecule has 0 heterocycles. The van der Waals surface area contributed by atoms with Crippen molar-refractivity contribution in [3.8, 4) is 11.1 Å². The van der Waals surface area contributed by atoms with Gasteiger partial charge in [0.2, 0.25) is 0 Å². The smallest absolute Gasteiger partial charge is 0.147 e. The largest absolute Gasteiger partial charge is 0.147 e. The second-order valence-electron chi connectivity index (χ2n) is 9.21. The first-order chi connectivity index (χ1) is 13.4. The summed E-state index contributed by atoms with van der Waals surface area (Å²) in [4.78, 5) is 0.